The predicted octanol–water partition coefficient (Wildman–Crippen LogP) is -1.23. The average molecular weight is 87.1 g/mol. The highest BCUT2D eigenvalue weighted by Crippen LogP contribution is 1.83. The highest BCUT2D eigenvalue weighted by Gasteiger charge is 2.04. The van der Waals surface area contributed by atoms with Gasteiger partial charge >= 0.3 is 0 Å². The second kappa shape index (κ2) is 1.55. The summed E-state index contributed by atoms with van der Waals surface area (Å²) >= 11 is 0. The van der Waals surface area contributed by atoms with E-state index in [0.717, 1.165) is 13.0 Å². The molecule has 0 aliphatic carbocycles. The van der Waals surface area contributed by atoms with E-state index in [9.17, 15) is 0 Å². The van der Waals surface area contributed by atoms with Gasteiger partial charge in [-0.15, -0.1) is 0 Å². The van der Waals surface area contributed by atoms with Crippen LogP contribution in [0.3, 0.4) is 0 Å². The molecule has 1 fully saturated rings. The average Bonchev–Trinajstić information content (AvgIpc) is 1.86. The van der Waals surface area contributed by atoms with E-state index in [2.05, 4.69) is 10.9 Å². The van der Waals surface area contributed by atoms with E-state index in [1.54, 1.807) is 0 Å². The molecule has 3 heteroatoms. The molecular formula is C3H9N3. The number of rotatable bonds is 0. The first-order valence-electron chi connectivity index (χ1n) is 2.13. The SMILES string of the molecule is NC1CCNN1. The highest BCUT2D eigenvalue weighted by atomic mass is 15.4. The number of hydrogen-bond donors (Lipinski definition) is 3. The van der Waals surface area contributed by atoms with Gasteiger partial charge in [0.2, 0.25) is 0 Å². The van der Waals surface area contributed by atoms with Gasteiger partial charge in [0.25, 0.3) is 0 Å². The standard InChI is InChI=1S/C3H9N3/c4-3-1-2-5-6-3/h3,5-6H,1-2,4H2. The molecule has 4 N–H and O–H groups in total. The molecule has 0 bridgehead atoms. The minimum atomic E-state index is 0.185. The molecule has 0 radical (unpaired) electrons. The zero-order chi connectivity index (χ0) is 4.41. The molecule has 1 rings (SSSR count). The van der Waals surface area contributed by atoms with Gasteiger partial charge in [-0.1, -0.05) is 0 Å². The molecule has 0 aromatic heterocycles. The first-order valence-corrected chi connectivity index (χ1v) is 2.13. The van der Waals surface area contributed by atoms with Crippen LogP contribution in [0, 0.1) is 0 Å². The minimum absolute atomic E-state index is 0.185. The van der Waals surface area contributed by atoms with Gasteiger partial charge in [-0.3, -0.25) is 5.43 Å². The van der Waals surface area contributed by atoms with E-state index >= 15 is 0 Å². The molecule has 0 aromatic rings. The Morgan fingerprint density at radius 3 is 2.67 bits per heavy atom. The van der Waals surface area contributed by atoms with Crippen LogP contribution in [-0.2, 0) is 0 Å². The van der Waals surface area contributed by atoms with Crippen molar-refractivity contribution >= 4 is 0 Å². The fourth-order valence-electron chi connectivity index (χ4n) is 0.503. The van der Waals surface area contributed by atoms with Crippen LogP contribution in [0.1, 0.15) is 6.42 Å². The topological polar surface area (TPSA) is 50.1 Å². The van der Waals surface area contributed by atoms with Gasteiger partial charge in [-0.05, 0) is 6.42 Å². The van der Waals surface area contributed by atoms with Crippen molar-refractivity contribution in [1.29, 1.82) is 0 Å². The van der Waals surface area contributed by atoms with Gasteiger partial charge < -0.3 is 5.73 Å². The molecule has 1 heterocycles. The van der Waals surface area contributed by atoms with E-state index in [-0.39, 0.29) is 6.17 Å². The van der Waals surface area contributed by atoms with E-state index in [1.165, 1.54) is 0 Å². The summed E-state index contributed by atoms with van der Waals surface area (Å²) in [7, 11) is 0. The Labute approximate surface area is 36.9 Å². The molecule has 1 unspecified atom stereocenters. The van der Waals surface area contributed by atoms with E-state index in [1.807, 2.05) is 0 Å². The zero-order valence-electron chi connectivity index (χ0n) is 3.57. The molecule has 36 valence electrons. The quantitative estimate of drug-likeness (QED) is 0.347. The maximum atomic E-state index is 5.36. The van der Waals surface area contributed by atoms with Crippen molar-refractivity contribution in [3.8, 4) is 0 Å². The monoisotopic (exact) mass is 87.1 g/mol. The second-order valence-electron chi connectivity index (χ2n) is 1.47. The highest BCUT2D eigenvalue weighted by molar-refractivity contribution is 4.62. The van der Waals surface area contributed by atoms with Crippen LogP contribution in [0.2, 0.25) is 0 Å². The molecule has 1 atom stereocenters. The molecule has 3 nitrogen and oxygen atoms in total. The second-order valence-corrected chi connectivity index (χ2v) is 1.47. The largest absolute Gasteiger partial charge is 0.315 e. The summed E-state index contributed by atoms with van der Waals surface area (Å²) < 4.78 is 0. The summed E-state index contributed by atoms with van der Waals surface area (Å²) in [6.07, 6.45) is 1.23. The Morgan fingerprint density at radius 2 is 2.50 bits per heavy atom. The number of hydrogen-bond acceptors (Lipinski definition) is 3. The van der Waals surface area contributed by atoms with Crippen LogP contribution >= 0.6 is 0 Å². The molecule has 0 saturated carbocycles. The van der Waals surface area contributed by atoms with Crippen molar-refractivity contribution in [3.63, 3.8) is 0 Å². The van der Waals surface area contributed by atoms with Gasteiger partial charge in [-0.2, -0.15) is 0 Å². The lowest BCUT2D eigenvalue weighted by atomic mass is 10.4. The lowest BCUT2D eigenvalue weighted by Gasteiger charge is -1.95. The van der Waals surface area contributed by atoms with Crippen LogP contribution in [0.4, 0.5) is 0 Å². The van der Waals surface area contributed by atoms with Crippen molar-refractivity contribution in [2.75, 3.05) is 6.54 Å². The van der Waals surface area contributed by atoms with Gasteiger partial charge in [0.1, 0.15) is 0 Å². The number of nitrogens with two attached hydrogens (primary N) is 1. The summed E-state index contributed by atoms with van der Waals surface area (Å²) in [6, 6.07) is 0. The Balaban J connectivity index is 2.18. The molecule has 0 spiro atoms. The predicted molar refractivity (Wildman–Crippen MR) is 23.7 cm³/mol. The third-order valence-corrected chi connectivity index (χ3v) is 0.868. The Kier molecular flexibility index (Phi) is 1.05. The minimum Gasteiger partial charge on any atom is -0.315 e. The molecule has 0 amide bonds. The van der Waals surface area contributed by atoms with Crippen molar-refractivity contribution in [2.45, 2.75) is 12.6 Å². The van der Waals surface area contributed by atoms with E-state index in [0.29, 0.717) is 0 Å². The van der Waals surface area contributed by atoms with E-state index < -0.39 is 0 Å². The number of hydrazine groups is 1. The fraction of sp³-hybridized carbons (Fsp3) is 1.00. The van der Waals surface area contributed by atoms with Crippen molar-refractivity contribution in [2.24, 2.45) is 5.73 Å². The normalized spacial score (nSPS) is 34.5. The maximum absolute atomic E-state index is 5.36. The molecule has 6 heavy (non-hydrogen) atoms. The van der Waals surface area contributed by atoms with Gasteiger partial charge in [0.15, 0.2) is 0 Å². The van der Waals surface area contributed by atoms with Crippen molar-refractivity contribution in [3.05, 3.63) is 0 Å². The summed E-state index contributed by atoms with van der Waals surface area (Å²) in [5, 5.41) is 0. The zero-order valence-corrected chi connectivity index (χ0v) is 3.57. The van der Waals surface area contributed by atoms with Crippen molar-refractivity contribution in [1.82, 2.24) is 10.9 Å². The number of nitrogens with one attached hydrogen (secondary N) is 2. The molecule has 1 saturated heterocycles. The first-order chi connectivity index (χ1) is 2.89. The fourth-order valence-corrected chi connectivity index (χ4v) is 0.503. The third kappa shape index (κ3) is 0.680. The molecular weight excluding hydrogens is 78.1 g/mol. The summed E-state index contributed by atoms with van der Waals surface area (Å²) in [6.45, 7) is 1.00. The Bertz CT molecular complexity index is 39.3. The summed E-state index contributed by atoms with van der Waals surface area (Å²) in [5.74, 6) is 0. The van der Waals surface area contributed by atoms with Crippen LogP contribution in [0.15, 0.2) is 0 Å². The van der Waals surface area contributed by atoms with Gasteiger partial charge in [-0.25, -0.2) is 5.43 Å². The lowest BCUT2D eigenvalue weighted by Crippen LogP contribution is -2.36. The first kappa shape index (κ1) is 4.05. The molecule has 0 aromatic carbocycles. The maximum Gasteiger partial charge on any atom is 0.0691 e. The lowest BCUT2D eigenvalue weighted by molar-refractivity contribution is 0.573. The van der Waals surface area contributed by atoms with Crippen LogP contribution in [-0.4, -0.2) is 12.7 Å². The van der Waals surface area contributed by atoms with Crippen LogP contribution in [0.25, 0.3) is 0 Å². The van der Waals surface area contributed by atoms with Crippen molar-refractivity contribution < 1.29 is 0 Å². The summed E-state index contributed by atoms with van der Waals surface area (Å²) in [4.78, 5) is 0. The van der Waals surface area contributed by atoms with Crippen LogP contribution in [0.5, 0.6) is 0 Å². The molecule has 1 aliphatic rings. The Morgan fingerprint density at radius 1 is 1.67 bits per heavy atom. The van der Waals surface area contributed by atoms with Gasteiger partial charge in [0, 0.05) is 6.54 Å². The smallest absolute Gasteiger partial charge is 0.0691 e. The molecule has 1 aliphatic heterocycles. The van der Waals surface area contributed by atoms with Crippen LogP contribution < -0.4 is 16.6 Å². The third-order valence-electron chi connectivity index (χ3n) is 0.868. The Hall–Kier alpha value is -0.120. The van der Waals surface area contributed by atoms with Gasteiger partial charge in [0.05, 0.1) is 6.17 Å². The van der Waals surface area contributed by atoms with E-state index in [4.69, 9.17) is 5.73 Å². The summed E-state index contributed by atoms with van der Waals surface area (Å²) in [5.41, 5.74) is 11.1.